The first-order chi connectivity index (χ1) is 13.5. The maximum Gasteiger partial charge on any atom is 0.271 e. The van der Waals surface area contributed by atoms with E-state index < -0.39 is 35.0 Å². The lowest BCUT2D eigenvalue weighted by molar-refractivity contribution is 0.0963. The highest BCUT2D eigenvalue weighted by Gasteiger charge is 2.16. The van der Waals surface area contributed by atoms with Gasteiger partial charge >= 0.3 is 0 Å². The minimum Gasteiger partial charge on any atom is -0.321 e. The standard InChI is InChI=1S/C20H14F3N3O2/c21-14-10-11-16(18(23)17(14)22)25-26-20(28)13-8-4-5-9-15(13)24-19(27)12-6-2-1-3-7-12/h1-11,25H,(H,24,27)(H,26,28). The predicted octanol–water partition coefficient (Wildman–Crippen LogP) is 4.11. The molecule has 0 aliphatic rings. The number of rotatable bonds is 5. The molecule has 0 bridgehead atoms. The highest BCUT2D eigenvalue weighted by atomic mass is 19.2. The van der Waals surface area contributed by atoms with Crippen molar-refractivity contribution in [1.29, 1.82) is 0 Å². The van der Waals surface area contributed by atoms with E-state index in [0.29, 0.717) is 5.56 Å². The molecule has 8 heteroatoms. The molecule has 0 spiro atoms. The van der Waals surface area contributed by atoms with Gasteiger partial charge in [-0.25, -0.2) is 13.2 Å². The zero-order valence-electron chi connectivity index (χ0n) is 14.3. The molecule has 0 aliphatic carbocycles. The number of anilines is 2. The van der Waals surface area contributed by atoms with E-state index in [9.17, 15) is 22.8 Å². The van der Waals surface area contributed by atoms with Crippen molar-refractivity contribution in [3.05, 3.63) is 95.3 Å². The number of nitrogens with one attached hydrogen (secondary N) is 3. The Labute approximate surface area is 158 Å². The molecule has 142 valence electrons. The number of benzene rings is 3. The Bertz CT molecular complexity index is 1030. The van der Waals surface area contributed by atoms with Gasteiger partial charge in [0.2, 0.25) is 0 Å². The van der Waals surface area contributed by atoms with Crippen molar-refractivity contribution in [2.24, 2.45) is 0 Å². The van der Waals surface area contributed by atoms with Crippen LogP contribution in [0.2, 0.25) is 0 Å². The Morgan fingerprint density at radius 2 is 1.36 bits per heavy atom. The minimum atomic E-state index is -1.66. The molecule has 3 aromatic carbocycles. The van der Waals surface area contributed by atoms with E-state index in [1.165, 1.54) is 12.1 Å². The fourth-order valence-electron chi connectivity index (χ4n) is 2.39. The van der Waals surface area contributed by atoms with Gasteiger partial charge in [0, 0.05) is 5.56 Å². The van der Waals surface area contributed by atoms with Crippen molar-refractivity contribution in [2.75, 3.05) is 10.7 Å². The van der Waals surface area contributed by atoms with E-state index in [1.54, 1.807) is 42.5 Å². The molecule has 0 aromatic heterocycles. The fourth-order valence-corrected chi connectivity index (χ4v) is 2.39. The average molecular weight is 385 g/mol. The fraction of sp³-hybridized carbons (Fsp3) is 0. The van der Waals surface area contributed by atoms with Crippen LogP contribution in [-0.2, 0) is 0 Å². The number of amides is 2. The molecule has 3 rings (SSSR count). The van der Waals surface area contributed by atoms with Gasteiger partial charge in [0.25, 0.3) is 11.8 Å². The Hall–Kier alpha value is -3.81. The van der Waals surface area contributed by atoms with Crippen LogP contribution in [0.5, 0.6) is 0 Å². The Morgan fingerprint density at radius 1 is 0.679 bits per heavy atom. The molecule has 3 N–H and O–H groups in total. The second kappa shape index (κ2) is 8.26. The minimum absolute atomic E-state index is 0.0854. The third-order valence-electron chi connectivity index (χ3n) is 3.80. The van der Waals surface area contributed by atoms with Crippen LogP contribution in [0.15, 0.2) is 66.7 Å². The molecule has 5 nitrogen and oxygen atoms in total. The molecule has 0 radical (unpaired) electrons. The lowest BCUT2D eigenvalue weighted by Crippen LogP contribution is -2.31. The summed E-state index contributed by atoms with van der Waals surface area (Å²) in [4.78, 5) is 24.7. The number of hydrogen-bond acceptors (Lipinski definition) is 3. The first-order valence-corrected chi connectivity index (χ1v) is 8.12. The van der Waals surface area contributed by atoms with E-state index in [2.05, 4.69) is 16.2 Å². The van der Waals surface area contributed by atoms with E-state index in [0.717, 1.165) is 12.1 Å². The quantitative estimate of drug-likeness (QED) is 0.457. The van der Waals surface area contributed by atoms with Gasteiger partial charge in [-0.2, -0.15) is 0 Å². The molecule has 2 amide bonds. The summed E-state index contributed by atoms with van der Waals surface area (Å²) in [7, 11) is 0. The van der Waals surface area contributed by atoms with Gasteiger partial charge in [-0.3, -0.25) is 20.4 Å². The molecule has 0 unspecified atom stereocenters. The van der Waals surface area contributed by atoms with Crippen LogP contribution in [0.4, 0.5) is 24.5 Å². The topological polar surface area (TPSA) is 70.2 Å². The van der Waals surface area contributed by atoms with Crippen molar-refractivity contribution in [3.63, 3.8) is 0 Å². The van der Waals surface area contributed by atoms with Gasteiger partial charge in [0.1, 0.15) is 0 Å². The van der Waals surface area contributed by atoms with Gasteiger partial charge in [0.05, 0.1) is 16.9 Å². The highest BCUT2D eigenvalue weighted by Crippen LogP contribution is 2.20. The van der Waals surface area contributed by atoms with E-state index in [-0.39, 0.29) is 11.3 Å². The van der Waals surface area contributed by atoms with Crippen molar-refractivity contribution in [2.45, 2.75) is 0 Å². The van der Waals surface area contributed by atoms with Crippen molar-refractivity contribution >= 4 is 23.2 Å². The first kappa shape index (κ1) is 19.0. The van der Waals surface area contributed by atoms with Gasteiger partial charge in [-0.05, 0) is 36.4 Å². The van der Waals surface area contributed by atoms with Crippen molar-refractivity contribution < 1.29 is 22.8 Å². The maximum absolute atomic E-state index is 13.7. The van der Waals surface area contributed by atoms with Crippen LogP contribution in [0.3, 0.4) is 0 Å². The summed E-state index contributed by atoms with van der Waals surface area (Å²) < 4.78 is 39.9. The molecule has 0 atom stereocenters. The summed E-state index contributed by atoms with van der Waals surface area (Å²) >= 11 is 0. The number of hydrogen-bond donors (Lipinski definition) is 3. The monoisotopic (exact) mass is 385 g/mol. The van der Waals surface area contributed by atoms with Crippen LogP contribution in [0, 0.1) is 17.5 Å². The van der Waals surface area contributed by atoms with Crippen LogP contribution >= 0.6 is 0 Å². The highest BCUT2D eigenvalue weighted by molar-refractivity contribution is 6.09. The van der Waals surface area contributed by atoms with Crippen LogP contribution < -0.4 is 16.2 Å². The third-order valence-corrected chi connectivity index (χ3v) is 3.80. The number of carbonyl (C=O) groups excluding carboxylic acids is 2. The number of para-hydroxylation sites is 1. The molecule has 3 aromatic rings. The van der Waals surface area contributed by atoms with Crippen LogP contribution in [0.25, 0.3) is 0 Å². The molecular weight excluding hydrogens is 371 g/mol. The van der Waals surface area contributed by atoms with Crippen molar-refractivity contribution in [1.82, 2.24) is 5.43 Å². The molecular formula is C20H14F3N3O2. The summed E-state index contributed by atoms with van der Waals surface area (Å²) in [6, 6.07) is 16.2. The average Bonchev–Trinajstić information content (AvgIpc) is 2.72. The van der Waals surface area contributed by atoms with E-state index in [4.69, 9.17) is 0 Å². The zero-order chi connectivity index (χ0) is 20.1. The zero-order valence-corrected chi connectivity index (χ0v) is 14.3. The van der Waals surface area contributed by atoms with E-state index in [1.807, 2.05) is 0 Å². The Balaban J connectivity index is 1.74. The summed E-state index contributed by atoms with van der Waals surface area (Å²) in [5.41, 5.74) is 4.65. The largest absolute Gasteiger partial charge is 0.321 e. The van der Waals surface area contributed by atoms with Gasteiger partial charge in [-0.15, -0.1) is 0 Å². The van der Waals surface area contributed by atoms with Gasteiger partial charge < -0.3 is 5.32 Å². The smallest absolute Gasteiger partial charge is 0.271 e. The lowest BCUT2D eigenvalue weighted by atomic mass is 10.1. The SMILES string of the molecule is O=C(Nc1ccccc1C(=O)NNc1ccc(F)c(F)c1F)c1ccccc1. The van der Waals surface area contributed by atoms with Crippen molar-refractivity contribution in [3.8, 4) is 0 Å². The van der Waals surface area contributed by atoms with Gasteiger partial charge in [0.15, 0.2) is 17.5 Å². The number of carbonyl (C=O) groups is 2. The lowest BCUT2D eigenvalue weighted by Gasteiger charge is -2.13. The number of hydrazine groups is 1. The maximum atomic E-state index is 13.7. The molecule has 0 saturated heterocycles. The second-order valence-corrected chi connectivity index (χ2v) is 5.67. The second-order valence-electron chi connectivity index (χ2n) is 5.67. The summed E-state index contributed by atoms with van der Waals surface area (Å²) in [6.45, 7) is 0. The summed E-state index contributed by atoms with van der Waals surface area (Å²) in [5.74, 6) is -5.60. The Kier molecular flexibility index (Phi) is 5.59. The molecule has 0 saturated carbocycles. The Morgan fingerprint density at radius 3 is 2.11 bits per heavy atom. The summed E-state index contributed by atoms with van der Waals surface area (Å²) in [6.07, 6.45) is 0. The normalized spacial score (nSPS) is 10.2. The van der Waals surface area contributed by atoms with Crippen LogP contribution in [-0.4, -0.2) is 11.8 Å². The third kappa shape index (κ3) is 4.12. The first-order valence-electron chi connectivity index (χ1n) is 8.12. The van der Waals surface area contributed by atoms with Gasteiger partial charge in [-0.1, -0.05) is 30.3 Å². The predicted molar refractivity (Wildman–Crippen MR) is 98.2 cm³/mol. The molecule has 0 aliphatic heterocycles. The van der Waals surface area contributed by atoms with Crippen LogP contribution in [0.1, 0.15) is 20.7 Å². The summed E-state index contributed by atoms with van der Waals surface area (Å²) in [5, 5.41) is 2.62. The van der Waals surface area contributed by atoms with E-state index >= 15 is 0 Å². The molecule has 0 heterocycles. The molecule has 0 fully saturated rings. The molecule has 28 heavy (non-hydrogen) atoms. The number of halogens is 3.